The number of carbonyl (C=O) groups is 1. The van der Waals surface area contributed by atoms with E-state index in [9.17, 15) is 4.79 Å². The number of allylic oxidation sites excluding steroid dienone is 2. The van der Waals surface area contributed by atoms with Crippen molar-refractivity contribution >= 4 is 6.47 Å². The molecule has 0 aliphatic heterocycles. The third-order valence-corrected chi connectivity index (χ3v) is 13.2. The van der Waals surface area contributed by atoms with Crippen LogP contribution in [0.15, 0.2) is 11.6 Å². The minimum Gasteiger partial charge on any atom is -0.464 e. The summed E-state index contributed by atoms with van der Waals surface area (Å²) in [7, 11) is 0. The molecule has 0 aromatic carbocycles. The molecule has 0 amide bonds. The van der Waals surface area contributed by atoms with Gasteiger partial charge < -0.3 is 4.74 Å². The molecule has 5 aliphatic rings. The van der Waals surface area contributed by atoms with Crippen LogP contribution in [0.5, 0.6) is 0 Å². The van der Waals surface area contributed by atoms with E-state index < -0.39 is 0 Å². The van der Waals surface area contributed by atoms with Gasteiger partial charge in [-0.2, -0.15) is 0 Å². The maximum Gasteiger partial charge on any atom is 0.293 e. The monoisotopic (exact) mass is 454 g/mol. The van der Waals surface area contributed by atoms with Crippen LogP contribution in [-0.2, 0) is 9.53 Å². The predicted octanol–water partition coefficient (Wildman–Crippen LogP) is 8.35. The van der Waals surface area contributed by atoms with E-state index in [1.165, 1.54) is 57.8 Å². The van der Waals surface area contributed by atoms with Crippen LogP contribution in [0.3, 0.4) is 0 Å². The minimum atomic E-state index is 0.0635. The van der Waals surface area contributed by atoms with Gasteiger partial charge in [-0.15, -0.1) is 0 Å². The molecule has 5 rings (SSSR count). The lowest BCUT2D eigenvalue weighted by Crippen LogP contribution is -2.65. The zero-order chi connectivity index (χ0) is 24.1. The molecule has 2 heteroatoms. The number of hydrogen-bond donors (Lipinski definition) is 0. The van der Waals surface area contributed by atoms with Crippen LogP contribution >= 0.6 is 0 Å². The van der Waals surface area contributed by atoms with Gasteiger partial charge in [-0.3, -0.25) is 4.79 Å². The van der Waals surface area contributed by atoms with E-state index in [0.717, 1.165) is 18.3 Å². The summed E-state index contributed by atoms with van der Waals surface area (Å²) in [5, 5.41) is 0. The highest BCUT2D eigenvalue weighted by molar-refractivity contribution is 5.38. The molecule has 2 nitrogen and oxygen atoms in total. The Balaban J connectivity index is 1.53. The largest absolute Gasteiger partial charge is 0.464 e. The summed E-state index contributed by atoms with van der Waals surface area (Å²) in [6.07, 6.45) is 16.0. The van der Waals surface area contributed by atoms with Gasteiger partial charge in [0.2, 0.25) is 0 Å². The molecule has 0 bridgehead atoms. The highest BCUT2D eigenvalue weighted by Gasteiger charge is 2.68. The van der Waals surface area contributed by atoms with Crippen molar-refractivity contribution in [3.05, 3.63) is 11.6 Å². The van der Waals surface area contributed by atoms with E-state index in [-0.39, 0.29) is 11.5 Å². The SMILES string of the molecule is CC1(C)C=C2[C@H]3CC[C@@H]4[C@@]5(C)CC[C@H](OC=O)C(C)(C)[C@@H]5CC[C@@]4(C)[C@]3(C)CC[C@@]2(C)CC1. The first-order chi connectivity index (χ1) is 15.2. The lowest BCUT2D eigenvalue weighted by atomic mass is 9.32. The van der Waals surface area contributed by atoms with Gasteiger partial charge in [-0.1, -0.05) is 67.0 Å². The number of fused-ring (bicyclic) bond motifs is 7. The van der Waals surface area contributed by atoms with Crippen LogP contribution in [0, 0.1) is 50.2 Å². The molecule has 0 unspecified atom stereocenters. The lowest BCUT2D eigenvalue weighted by Gasteiger charge is -2.72. The maximum atomic E-state index is 11.2. The number of ether oxygens (including phenoxy) is 1. The van der Waals surface area contributed by atoms with Crippen molar-refractivity contribution in [3.63, 3.8) is 0 Å². The quantitative estimate of drug-likeness (QED) is 0.309. The predicted molar refractivity (Wildman–Crippen MR) is 136 cm³/mol. The summed E-state index contributed by atoms with van der Waals surface area (Å²) in [6.45, 7) is 21.1. The van der Waals surface area contributed by atoms with Crippen molar-refractivity contribution in [2.24, 2.45) is 50.2 Å². The molecule has 33 heavy (non-hydrogen) atoms. The Kier molecular flexibility index (Phi) is 5.17. The maximum absolute atomic E-state index is 11.2. The Labute approximate surface area is 203 Å². The van der Waals surface area contributed by atoms with E-state index in [4.69, 9.17) is 4.74 Å². The van der Waals surface area contributed by atoms with Crippen LogP contribution in [0.1, 0.15) is 120 Å². The molecule has 0 aromatic heterocycles. The van der Waals surface area contributed by atoms with Crippen molar-refractivity contribution in [3.8, 4) is 0 Å². The van der Waals surface area contributed by atoms with Gasteiger partial charge in [0.15, 0.2) is 0 Å². The van der Waals surface area contributed by atoms with E-state index >= 15 is 0 Å². The molecule has 8 atom stereocenters. The molecule has 0 aromatic rings. The Morgan fingerprint density at radius 3 is 2.15 bits per heavy atom. The first-order valence-corrected chi connectivity index (χ1v) is 14.1. The van der Waals surface area contributed by atoms with Gasteiger partial charge in [-0.05, 0) is 109 Å². The second kappa shape index (κ2) is 7.13. The van der Waals surface area contributed by atoms with Crippen molar-refractivity contribution in [1.82, 2.24) is 0 Å². The third kappa shape index (κ3) is 3.07. The highest BCUT2D eigenvalue weighted by Crippen LogP contribution is 2.76. The zero-order valence-corrected chi connectivity index (χ0v) is 22.9. The molecular weight excluding hydrogens is 404 g/mol. The standard InChI is InChI=1S/C31H50O2/c1-26(2)15-16-28(5)17-18-30(7)21(22(28)19-26)9-10-24-29(6)13-12-25(33-20-32)27(3,4)23(29)11-14-31(24,30)8/h19-21,23-25H,9-18H2,1-8H3/t21-,23+,24-,25+,28-,29+,30-,31-/m1/s1. The molecule has 0 saturated heterocycles. The zero-order valence-electron chi connectivity index (χ0n) is 22.9. The summed E-state index contributed by atoms with van der Waals surface area (Å²) >= 11 is 0. The second-order valence-corrected chi connectivity index (χ2v) is 15.3. The summed E-state index contributed by atoms with van der Waals surface area (Å²) < 4.78 is 5.66. The van der Waals surface area contributed by atoms with Gasteiger partial charge in [-0.25, -0.2) is 0 Å². The Bertz CT molecular complexity index is 853. The van der Waals surface area contributed by atoms with Gasteiger partial charge in [0.1, 0.15) is 6.10 Å². The van der Waals surface area contributed by atoms with Crippen LogP contribution in [0.25, 0.3) is 0 Å². The fraction of sp³-hybridized carbons (Fsp3) is 0.903. The molecule has 0 spiro atoms. The molecule has 4 fully saturated rings. The average molecular weight is 455 g/mol. The summed E-state index contributed by atoms with van der Waals surface area (Å²) in [6, 6.07) is 0. The fourth-order valence-corrected chi connectivity index (χ4v) is 10.9. The van der Waals surface area contributed by atoms with Crippen molar-refractivity contribution in [2.75, 3.05) is 0 Å². The van der Waals surface area contributed by atoms with E-state index in [1.54, 1.807) is 0 Å². The van der Waals surface area contributed by atoms with Crippen LogP contribution in [0.2, 0.25) is 0 Å². The van der Waals surface area contributed by atoms with Crippen molar-refractivity contribution in [1.29, 1.82) is 0 Å². The first kappa shape index (κ1) is 23.9. The molecule has 0 radical (unpaired) electrons. The Morgan fingerprint density at radius 2 is 1.45 bits per heavy atom. The number of rotatable bonds is 2. The highest BCUT2D eigenvalue weighted by atomic mass is 16.5. The van der Waals surface area contributed by atoms with Gasteiger partial charge in [0, 0.05) is 5.41 Å². The van der Waals surface area contributed by atoms with Gasteiger partial charge in [0.05, 0.1) is 0 Å². The molecule has 5 aliphatic carbocycles. The first-order valence-electron chi connectivity index (χ1n) is 14.1. The third-order valence-electron chi connectivity index (χ3n) is 13.2. The van der Waals surface area contributed by atoms with E-state index in [1.807, 2.05) is 5.57 Å². The normalized spacial score (nSPS) is 52.3. The van der Waals surface area contributed by atoms with Crippen molar-refractivity contribution in [2.45, 2.75) is 126 Å². The van der Waals surface area contributed by atoms with Gasteiger partial charge >= 0.3 is 0 Å². The molecule has 0 heterocycles. The second-order valence-electron chi connectivity index (χ2n) is 15.3. The summed E-state index contributed by atoms with van der Waals surface area (Å²) in [5.74, 6) is 2.19. The van der Waals surface area contributed by atoms with Gasteiger partial charge in [0.25, 0.3) is 6.47 Å². The smallest absolute Gasteiger partial charge is 0.293 e. The minimum absolute atomic E-state index is 0.0635. The van der Waals surface area contributed by atoms with E-state index in [2.05, 4.69) is 61.5 Å². The van der Waals surface area contributed by atoms with Crippen molar-refractivity contribution < 1.29 is 9.53 Å². The number of carbonyl (C=O) groups excluding carboxylic acids is 1. The Morgan fingerprint density at radius 1 is 0.758 bits per heavy atom. The average Bonchev–Trinajstić information content (AvgIpc) is 2.72. The van der Waals surface area contributed by atoms with Crippen LogP contribution < -0.4 is 0 Å². The summed E-state index contributed by atoms with van der Waals surface area (Å²) in [4.78, 5) is 11.2. The molecule has 4 saturated carbocycles. The van der Waals surface area contributed by atoms with E-state index in [0.29, 0.717) is 39.5 Å². The molecular formula is C31H50O2. The molecule has 186 valence electrons. The van der Waals surface area contributed by atoms with Crippen LogP contribution in [-0.4, -0.2) is 12.6 Å². The summed E-state index contributed by atoms with van der Waals surface area (Å²) in [5.41, 5.74) is 3.87. The Hall–Kier alpha value is -0.790. The topological polar surface area (TPSA) is 26.3 Å². The lowest BCUT2D eigenvalue weighted by molar-refractivity contribution is -0.231. The number of hydrogen-bond acceptors (Lipinski definition) is 2. The van der Waals surface area contributed by atoms with Crippen LogP contribution in [0.4, 0.5) is 0 Å². The molecule has 0 N–H and O–H groups in total. The fourth-order valence-electron chi connectivity index (χ4n) is 10.9.